The van der Waals surface area contributed by atoms with Crippen molar-refractivity contribution in [2.24, 2.45) is 0 Å². The molecule has 0 aliphatic heterocycles. The second-order valence-electron chi connectivity index (χ2n) is 0.707. The van der Waals surface area contributed by atoms with Crippen molar-refractivity contribution in [3.8, 4) is 0 Å². The minimum Gasteiger partial charge on any atom is -0.0656 e. The lowest BCUT2D eigenvalue weighted by Gasteiger charge is -1.48. The molecule has 0 amide bonds. The molecular formula is C3H8O2. The minimum absolute atomic E-state index is 1.25. The molecular weight excluding hydrogens is 68.0 g/mol. The van der Waals surface area contributed by atoms with Gasteiger partial charge in [-0.15, -0.1) is 0 Å². The molecule has 0 rings (SSSR count). The fourth-order valence-electron chi connectivity index (χ4n) is 0. The van der Waals surface area contributed by atoms with Crippen LogP contribution in [0.15, 0.2) is 0 Å². The predicted octanol–water partition coefficient (Wildman–Crippen LogP) is 1.48. The smallest absolute Gasteiger partial charge is 0 e. The maximum atomic E-state index is 7.00. The summed E-state index contributed by atoms with van der Waals surface area (Å²) in [6, 6.07) is 0. The lowest BCUT2D eigenvalue weighted by molar-refractivity contribution is 1.09. The summed E-state index contributed by atoms with van der Waals surface area (Å²) in [6.07, 6.45) is 1.25. The van der Waals surface area contributed by atoms with Gasteiger partial charge >= 0.3 is 0 Å². The molecule has 0 bridgehead atoms. The van der Waals surface area contributed by atoms with E-state index >= 15 is 0 Å². The van der Waals surface area contributed by atoms with Crippen LogP contribution in [0.2, 0.25) is 0 Å². The van der Waals surface area contributed by atoms with Crippen LogP contribution in [0, 0.1) is 9.93 Å². The molecule has 0 heterocycles. The molecule has 0 aromatic rings. The molecule has 0 aliphatic carbocycles. The summed E-state index contributed by atoms with van der Waals surface area (Å²) >= 11 is 0. The molecule has 0 radical (unpaired) electrons. The lowest BCUT2D eigenvalue weighted by atomic mass is 10.6. The maximum absolute atomic E-state index is 7.00. The zero-order valence-electron chi connectivity index (χ0n) is 3.52. The average Bonchev–Trinajstić information content (AvgIpc) is 1.46. The quantitative estimate of drug-likeness (QED) is 0.438. The van der Waals surface area contributed by atoms with Crippen LogP contribution in [0.1, 0.15) is 20.3 Å². The first kappa shape index (κ1) is 8.82. The van der Waals surface area contributed by atoms with Crippen molar-refractivity contribution in [3.63, 3.8) is 0 Å². The Morgan fingerprint density at radius 2 is 1.20 bits per heavy atom. The van der Waals surface area contributed by atoms with Crippen LogP contribution in [0.3, 0.4) is 0 Å². The first-order valence-electron chi connectivity index (χ1n) is 1.58. The van der Waals surface area contributed by atoms with E-state index in [4.69, 9.17) is 9.93 Å². The number of hydrogen-bond donors (Lipinski definition) is 0. The van der Waals surface area contributed by atoms with Gasteiger partial charge in [0.1, 0.15) is 0 Å². The van der Waals surface area contributed by atoms with Gasteiger partial charge in [0.05, 0.1) is 0 Å². The molecule has 0 aliphatic rings. The van der Waals surface area contributed by atoms with Crippen LogP contribution in [0.5, 0.6) is 0 Å². The third kappa shape index (κ3) is 57.6. The highest BCUT2D eigenvalue weighted by molar-refractivity contribution is 4.07. The SMILES string of the molecule is CCC.O=O. The van der Waals surface area contributed by atoms with Gasteiger partial charge in [-0.1, -0.05) is 20.3 Å². The molecule has 0 unspecified atom stereocenters. The van der Waals surface area contributed by atoms with E-state index in [-0.39, 0.29) is 0 Å². The summed E-state index contributed by atoms with van der Waals surface area (Å²) < 4.78 is 0. The molecule has 0 aromatic heterocycles. The minimum atomic E-state index is 1.25. The number of hydrogen-bond acceptors (Lipinski definition) is 2. The van der Waals surface area contributed by atoms with E-state index in [2.05, 4.69) is 13.8 Å². The summed E-state index contributed by atoms with van der Waals surface area (Å²) in [5.41, 5.74) is 0. The van der Waals surface area contributed by atoms with Gasteiger partial charge in [0.25, 0.3) is 0 Å². The largest absolute Gasteiger partial charge is 0.0656 e. The fraction of sp³-hybridized carbons (Fsp3) is 1.00. The fourth-order valence-corrected chi connectivity index (χ4v) is 0. The molecule has 0 spiro atoms. The van der Waals surface area contributed by atoms with Crippen LogP contribution in [-0.4, -0.2) is 0 Å². The van der Waals surface area contributed by atoms with Crippen LogP contribution in [-0.2, 0) is 0 Å². The van der Waals surface area contributed by atoms with E-state index in [0.29, 0.717) is 0 Å². The molecule has 0 aromatic carbocycles. The first-order chi connectivity index (χ1) is 2.41. The molecule has 5 heavy (non-hydrogen) atoms. The van der Waals surface area contributed by atoms with E-state index in [0.717, 1.165) is 0 Å². The Balaban J connectivity index is 0. The first-order valence-corrected chi connectivity index (χ1v) is 1.58. The summed E-state index contributed by atoms with van der Waals surface area (Å²) in [6.45, 7) is 4.25. The molecule has 2 heteroatoms. The predicted molar refractivity (Wildman–Crippen MR) is 22.7 cm³/mol. The summed E-state index contributed by atoms with van der Waals surface area (Å²) in [5, 5.41) is 0. The van der Waals surface area contributed by atoms with Crippen molar-refractivity contribution in [2.75, 3.05) is 0 Å². The van der Waals surface area contributed by atoms with Gasteiger partial charge in [-0.2, -0.15) is 0 Å². The van der Waals surface area contributed by atoms with Crippen molar-refractivity contribution >= 4 is 0 Å². The molecule has 0 N–H and O–H groups in total. The average molecular weight is 76.1 g/mol. The monoisotopic (exact) mass is 76.1 g/mol. The van der Waals surface area contributed by atoms with Crippen LogP contribution < -0.4 is 0 Å². The Bertz CT molecular complexity index is 8.85. The molecule has 32 valence electrons. The summed E-state index contributed by atoms with van der Waals surface area (Å²) in [4.78, 5) is 14.0. The number of rotatable bonds is 0. The van der Waals surface area contributed by atoms with E-state index in [1.54, 1.807) is 0 Å². The Kier molecular flexibility index (Phi) is 119. The van der Waals surface area contributed by atoms with Gasteiger partial charge in [0.15, 0.2) is 0 Å². The standard InChI is InChI=1S/C3H8.O2/c1-3-2;1-2/h3H2,1-2H3;. The van der Waals surface area contributed by atoms with Crippen molar-refractivity contribution in [3.05, 3.63) is 9.93 Å². The zero-order chi connectivity index (χ0) is 4.71. The topological polar surface area (TPSA) is 34.1 Å². The van der Waals surface area contributed by atoms with Crippen LogP contribution in [0.4, 0.5) is 0 Å². The van der Waals surface area contributed by atoms with Gasteiger partial charge in [-0.05, 0) is 0 Å². The highest BCUT2D eigenvalue weighted by atomic mass is 16.7. The Labute approximate surface area is 31.4 Å². The highest BCUT2D eigenvalue weighted by Gasteiger charge is 1.35. The second kappa shape index (κ2) is 67.6. The maximum Gasteiger partial charge on any atom is 0 e. The van der Waals surface area contributed by atoms with Crippen LogP contribution >= 0.6 is 0 Å². The summed E-state index contributed by atoms with van der Waals surface area (Å²) in [5.74, 6) is 0. The van der Waals surface area contributed by atoms with E-state index in [9.17, 15) is 0 Å². The van der Waals surface area contributed by atoms with E-state index in [1.807, 2.05) is 0 Å². The van der Waals surface area contributed by atoms with Crippen molar-refractivity contribution in [2.45, 2.75) is 20.3 Å². The normalized spacial score (nSPS) is 4.40. The van der Waals surface area contributed by atoms with Crippen molar-refractivity contribution < 1.29 is 0 Å². The third-order valence-electron chi connectivity index (χ3n) is 0. The van der Waals surface area contributed by atoms with Crippen LogP contribution in [0.25, 0.3) is 0 Å². The summed E-state index contributed by atoms with van der Waals surface area (Å²) in [7, 11) is 0. The van der Waals surface area contributed by atoms with Crippen molar-refractivity contribution in [1.29, 1.82) is 0 Å². The zero-order valence-corrected chi connectivity index (χ0v) is 3.52. The second-order valence-corrected chi connectivity index (χ2v) is 0.707. The third-order valence-corrected chi connectivity index (χ3v) is 0. The molecule has 0 saturated carbocycles. The van der Waals surface area contributed by atoms with Gasteiger partial charge < -0.3 is 0 Å². The van der Waals surface area contributed by atoms with Crippen molar-refractivity contribution in [1.82, 2.24) is 0 Å². The molecule has 0 fully saturated rings. The Morgan fingerprint density at radius 1 is 1.20 bits per heavy atom. The molecule has 0 saturated heterocycles. The Hall–Kier alpha value is -0.400. The highest BCUT2D eigenvalue weighted by Crippen LogP contribution is 1.56. The van der Waals surface area contributed by atoms with E-state index in [1.165, 1.54) is 6.42 Å². The van der Waals surface area contributed by atoms with Gasteiger partial charge in [0, 0.05) is 9.93 Å². The van der Waals surface area contributed by atoms with Gasteiger partial charge in [-0.3, -0.25) is 0 Å². The lowest BCUT2D eigenvalue weighted by Crippen LogP contribution is -1.27. The molecule has 0 atom stereocenters. The van der Waals surface area contributed by atoms with Gasteiger partial charge in [-0.25, -0.2) is 0 Å². The Morgan fingerprint density at radius 3 is 1.20 bits per heavy atom. The van der Waals surface area contributed by atoms with Gasteiger partial charge in [0.2, 0.25) is 0 Å². The van der Waals surface area contributed by atoms with E-state index < -0.39 is 0 Å². The molecule has 2 nitrogen and oxygen atoms in total.